The Balaban J connectivity index is 0.000000173. The van der Waals surface area contributed by atoms with Gasteiger partial charge in [-0.15, -0.1) is 0 Å². The summed E-state index contributed by atoms with van der Waals surface area (Å²) in [6, 6.07) is 19.8. The first-order valence-electron chi connectivity index (χ1n) is 16.1. The predicted molar refractivity (Wildman–Crippen MR) is 213 cm³/mol. The number of benzene rings is 4. The number of nitrogens with zero attached hydrogens (tertiary/aromatic N) is 2. The number of hydrogen-bond donors (Lipinski definition) is 2. The first-order valence-corrected chi connectivity index (χ1v) is 18.4. The summed E-state index contributed by atoms with van der Waals surface area (Å²) < 4.78 is 89.4. The van der Waals surface area contributed by atoms with Crippen LogP contribution in [-0.4, -0.2) is 28.3 Å². The van der Waals surface area contributed by atoms with Gasteiger partial charge in [-0.25, -0.2) is 4.85 Å². The molecule has 2 aromatic heterocycles. The fourth-order valence-electron chi connectivity index (χ4n) is 5.35. The van der Waals surface area contributed by atoms with Crippen LogP contribution in [0.5, 0.6) is 0 Å². The van der Waals surface area contributed by atoms with Gasteiger partial charge in [-0.2, -0.15) is 31.6 Å². The maximum absolute atomic E-state index is 12.8. The predicted octanol–water partition coefficient (Wildman–Crippen LogP) is 13.8. The van der Waals surface area contributed by atoms with Crippen LogP contribution in [0.2, 0.25) is 20.1 Å². The molecule has 6 aromatic rings. The number of alkyl halides is 6. The van der Waals surface area contributed by atoms with Crippen molar-refractivity contribution < 1.29 is 35.7 Å². The van der Waals surface area contributed by atoms with Gasteiger partial charge in [0.2, 0.25) is 0 Å². The van der Waals surface area contributed by atoms with Gasteiger partial charge >= 0.3 is 19.5 Å². The van der Waals surface area contributed by atoms with Crippen molar-refractivity contribution in [1.82, 2.24) is 9.97 Å². The molecular formula is C38H26BBrCl4F6N4O2. The molecule has 0 radical (unpaired) electrons. The molecule has 7 rings (SSSR count). The van der Waals surface area contributed by atoms with E-state index < -0.39 is 42.1 Å². The van der Waals surface area contributed by atoms with Crippen LogP contribution in [0, 0.1) is 17.9 Å². The van der Waals surface area contributed by atoms with E-state index in [9.17, 15) is 26.3 Å². The van der Waals surface area contributed by atoms with Crippen LogP contribution < -0.4 is 5.46 Å². The van der Waals surface area contributed by atoms with Gasteiger partial charge in [-0.3, -0.25) is 0 Å². The van der Waals surface area contributed by atoms with Crippen molar-refractivity contribution in [1.29, 1.82) is 5.26 Å². The molecule has 0 atom stereocenters. The molecule has 1 saturated heterocycles. The quantitative estimate of drug-likeness (QED) is 0.103. The third kappa shape index (κ3) is 9.46. The van der Waals surface area contributed by atoms with Gasteiger partial charge in [-0.1, -0.05) is 64.6 Å². The molecule has 0 saturated carbocycles. The monoisotopic (exact) mass is 914 g/mol. The van der Waals surface area contributed by atoms with Crippen molar-refractivity contribution in [2.24, 2.45) is 0 Å². The summed E-state index contributed by atoms with van der Waals surface area (Å²) in [5.74, 6) is 0. The van der Waals surface area contributed by atoms with Crippen molar-refractivity contribution in [3.63, 3.8) is 0 Å². The lowest BCUT2D eigenvalue weighted by atomic mass is 9.78. The van der Waals surface area contributed by atoms with Gasteiger partial charge in [-0.05, 0) is 109 Å². The topological polar surface area (TPSA) is 78.2 Å². The highest BCUT2D eigenvalue weighted by Crippen LogP contribution is 2.40. The minimum absolute atomic E-state index is 0.269. The summed E-state index contributed by atoms with van der Waals surface area (Å²) in [6.45, 7) is 14.6. The van der Waals surface area contributed by atoms with Crippen LogP contribution in [0.3, 0.4) is 0 Å². The Morgan fingerprint density at radius 2 is 1.21 bits per heavy atom. The Bertz CT molecular complexity index is 2530. The fourth-order valence-corrected chi connectivity index (χ4v) is 6.57. The second-order valence-corrected chi connectivity index (χ2v) is 15.8. The van der Waals surface area contributed by atoms with Crippen LogP contribution >= 0.6 is 62.3 Å². The second kappa shape index (κ2) is 16.2. The molecule has 56 heavy (non-hydrogen) atoms. The Hall–Kier alpha value is -3.86. The van der Waals surface area contributed by atoms with E-state index in [0.717, 1.165) is 16.6 Å². The maximum Gasteiger partial charge on any atom is 0.496 e. The van der Waals surface area contributed by atoms with Crippen molar-refractivity contribution in [3.8, 4) is 17.2 Å². The molecule has 3 heterocycles. The molecule has 6 nitrogen and oxygen atoms in total. The number of aromatic nitrogens is 2. The number of nitrogens with one attached hydrogen (secondary N) is 2. The van der Waals surface area contributed by atoms with Crippen LogP contribution in [0.15, 0.2) is 77.3 Å². The molecule has 18 heteroatoms. The normalized spacial score (nSPS) is 14.8. The molecule has 0 bridgehead atoms. The van der Waals surface area contributed by atoms with Gasteiger partial charge in [0.05, 0.1) is 39.5 Å². The SMILES string of the molecule is CC1(C)OB(c2cc3cc(C(F)(F)F)[nH]c3cc2Cl)OC1(C)C.N#Cc1ccc(Br)c(Cl)c1.[C-]#[N+]c1ccc(-c2cc3cc(C(F)(F)F)[nH]c3cc2Cl)c(Cl)c1. The first kappa shape index (κ1) is 43.3. The van der Waals surface area contributed by atoms with Crippen molar-refractivity contribution in [2.75, 3.05) is 0 Å². The third-order valence-electron chi connectivity index (χ3n) is 8.99. The van der Waals surface area contributed by atoms with Crippen LogP contribution in [0.4, 0.5) is 32.0 Å². The van der Waals surface area contributed by atoms with Crippen molar-refractivity contribution in [3.05, 3.63) is 126 Å². The summed E-state index contributed by atoms with van der Waals surface area (Å²) in [4.78, 5) is 7.91. The smallest absolute Gasteiger partial charge is 0.399 e. The zero-order valence-corrected chi connectivity index (χ0v) is 34.0. The van der Waals surface area contributed by atoms with Gasteiger partial charge < -0.3 is 19.3 Å². The molecule has 4 aromatic carbocycles. The minimum atomic E-state index is -4.46. The first-order chi connectivity index (χ1) is 25.9. The lowest BCUT2D eigenvalue weighted by molar-refractivity contribution is -0.141. The average Bonchev–Trinajstić information content (AvgIpc) is 3.78. The number of rotatable bonds is 2. The lowest BCUT2D eigenvalue weighted by Gasteiger charge is -2.32. The fraction of sp³-hybridized carbons (Fsp3) is 0.211. The Kier molecular flexibility index (Phi) is 12.5. The highest BCUT2D eigenvalue weighted by molar-refractivity contribution is 9.10. The molecular weight excluding hydrogens is 891 g/mol. The molecule has 1 aliphatic rings. The van der Waals surface area contributed by atoms with E-state index in [-0.39, 0.29) is 5.02 Å². The number of H-pyrrole nitrogens is 2. The van der Waals surface area contributed by atoms with E-state index in [1.807, 2.05) is 33.8 Å². The van der Waals surface area contributed by atoms with E-state index in [4.69, 9.17) is 67.5 Å². The Morgan fingerprint density at radius 1 is 0.696 bits per heavy atom. The largest absolute Gasteiger partial charge is 0.496 e. The summed E-state index contributed by atoms with van der Waals surface area (Å²) in [6.07, 6.45) is -8.89. The molecule has 0 spiro atoms. The third-order valence-corrected chi connectivity index (χ3v) is 11.2. The van der Waals surface area contributed by atoms with E-state index in [1.54, 1.807) is 42.5 Å². The van der Waals surface area contributed by atoms with Crippen LogP contribution in [0.25, 0.3) is 37.8 Å². The second-order valence-electron chi connectivity index (χ2n) is 13.3. The summed E-state index contributed by atoms with van der Waals surface area (Å²) in [5, 5.41) is 10.7. The Labute approximate surface area is 345 Å². The lowest BCUT2D eigenvalue weighted by Crippen LogP contribution is -2.41. The number of halogens is 11. The minimum Gasteiger partial charge on any atom is -0.399 e. The number of nitriles is 1. The van der Waals surface area contributed by atoms with Gasteiger partial charge in [0, 0.05) is 42.0 Å². The number of hydrogen-bond acceptors (Lipinski definition) is 3. The summed E-state index contributed by atoms with van der Waals surface area (Å²) >= 11 is 27.5. The van der Waals surface area contributed by atoms with Gasteiger partial charge in [0.1, 0.15) is 11.4 Å². The standard InChI is InChI=1S/C16H7Cl2F3N2.C15H16BClF3NO2.C7H3BrClN/c1-22-9-2-3-10(12(17)6-9)11-4-8-5-15(16(19,20)21)23-14(8)7-13(11)18;1-13(2)14(3,4)23-16(22-13)9-5-8-6-12(15(18,19)20)21-11(8)7-10(9)17;8-6-2-1-5(4-10)3-7(6)9/h2-7,23H;5-7,21H,1-4H3;1-3H. The zero-order valence-electron chi connectivity index (χ0n) is 29.4. The number of fused-ring (bicyclic) bond motifs is 2. The summed E-state index contributed by atoms with van der Waals surface area (Å²) in [7, 11) is -0.721. The molecule has 1 fully saturated rings. The average molecular weight is 917 g/mol. The van der Waals surface area contributed by atoms with Crippen molar-refractivity contribution >= 4 is 102 Å². The van der Waals surface area contributed by atoms with Crippen molar-refractivity contribution in [2.45, 2.75) is 51.2 Å². The molecule has 0 amide bonds. The molecule has 2 N–H and O–H groups in total. The van der Waals surface area contributed by atoms with E-state index in [1.165, 1.54) is 18.2 Å². The molecule has 0 unspecified atom stereocenters. The van der Waals surface area contributed by atoms with Crippen LogP contribution in [-0.2, 0) is 21.7 Å². The highest BCUT2D eigenvalue weighted by Gasteiger charge is 2.52. The molecule has 1 aliphatic heterocycles. The zero-order chi connectivity index (χ0) is 41.5. The molecule has 290 valence electrons. The molecule has 0 aliphatic carbocycles. The van der Waals surface area contributed by atoms with Crippen LogP contribution in [0.1, 0.15) is 44.6 Å². The maximum atomic E-state index is 12.8. The summed E-state index contributed by atoms with van der Waals surface area (Å²) in [5.41, 5.74) is 0.397. The highest BCUT2D eigenvalue weighted by atomic mass is 79.9. The van der Waals surface area contributed by atoms with E-state index in [2.05, 4.69) is 30.7 Å². The van der Waals surface area contributed by atoms with E-state index >= 15 is 0 Å². The van der Waals surface area contributed by atoms with Gasteiger partial charge in [0.25, 0.3) is 0 Å². The van der Waals surface area contributed by atoms with E-state index in [0.29, 0.717) is 64.7 Å². The Morgan fingerprint density at radius 3 is 1.70 bits per heavy atom. The number of aromatic amines is 2. The van der Waals surface area contributed by atoms with Gasteiger partial charge in [0.15, 0.2) is 5.69 Å².